The van der Waals surface area contributed by atoms with Crippen molar-refractivity contribution >= 4 is 16.8 Å². The maximum atomic E-state index is 13.5. The molecule has 0 aliphatic carbocycles. The van der Waals surface area contributed by atoms with Crippen molar-refractivity contribution in [1.82, 2.24) is 4.57 Å². The van der Waals surface area contributed by atoms with Gasteiger partial charge in [-0.15, -0.1) is 0 Å². The summed E-state index contributed by atoms with van der Waals surface area (Å²) in [6.07, 6.45) is 2.28. The number of hydrogen-bond donors (Lipinski definition) is 1. The summed E-state index contributed by atoms with van der Waals surface area (Å²) in [5.41, 5.74) is 1.36. The zero-order valence-electron chi connectivity index (χ0n) is 17.4. The molecule has 0 fully saturated rings. The fourth-order valence-electron chi connectivity index (χ4n) is 3.75. The first-order valence-electron chi connectivity index (χ1n) is 9.82. The van der Waals surface area contributed by atoms with Gasteiger partial charge in [0.2, 0.25) is 11.7 Å². The lowest BCUT2D eigenvalue weighted by Crippen LogP contribution is -2.27. The Morgan fingerprint density at radius 2 is 2.00 bits per heavy atom. The van der Waals surface area contributed by atoms with Crippen LogP contribution in [0.3, 0.4) is 0 Å². The van der Waals surface area contributed by atoms with E-state index in [9.17, 15) is 20.0 Å². The summed E-state index contributed by atoms with van der Waals surface area (Å²) < 4.78 is 12.0. The van der Waals surface area contributed by atoms with Crippen LogP contribution < -0.4 is 5.56 Å². The summed E-state index contributed by atoms with van der Waals surface area (Å²) in [5, 5.41) is 21.2. The van der Waals surface area contributed by atoms with Crippen LogP contribution in [0.1, 0.15) is 51.1 Å². The lowest BCUT2D eigenvalue weighted by Gasteiger charge is -2.14. The molecule has 0 saturated carbocycles. The Morgan fingerprint density at radius 1 is 1.23 bits per heavy atom. The highest BCUT2D eigenvalue weighted by Crippen LogP contribution is 2.32. The van der Waals surface area contributed by atoms with Crippen LogP contribution in [-0.4, -0.2) is 15.5 Å². The van der Waals surface area contributed by atoms with Crippen LogP contribution in [0.2, 0.25) is 0 Å². The lowest BCUT2D eigenvalue weighted by molar-refractivity contribution is 0.101. The van der Waals surface area contributed by atoms with Crippen LogP contribution in [0.15, 0.2) is 50.2 Å². The molecule has 156 valence electrons. The van der Waals surface area contributed by atoms with Crippen LogP contribution in [-0.2, 0) is 13.0 Å². The topological polar surface area (TPSA) is 109 Å². The molecule has 4 aromatic rings. The van der Waals surface area contributed by atoms with Gasteiger partial charge in [-0.05, 0) is 55.7 Å². The van der Waals surface area contributed by atoms with Crippen LogP contribution in [0, 0.1) is 25.2 Å². The van der Waals surface area contributed by atoms with Gasteiger partial charge >= 0.3 is 0 Å². The summed E-state index contributed by atoms with van der Waals surface area (Å²) in [5.74, 6) is -0.659. The molecule has 4 rings (SSSR count). The number of carbonyl (C=O) groups excluding carboxylic acids is 1. The number of nitriles is 1. The second-order valence-corrected chi connectivity index (χ2v) is 7.35. The summed E-state index contributed by atoms with van der Waals surface area (Å²) in [7, 11) is 0. The van der Waals surface area contributed by atoms with Gasteiger partial charge in [-0.3, -0.25) is 14.2 Å². The average Bonchev–Trinajstić information content (AvgIpc) is 3.39. The van der Waals surface area contributed by atoms with Crippen molar-refractivity contribution in [2.75, 3.05) is 0 Å². The third-order valence-electron chi connectivity index (χ3n) is 5.54. The molecule has 0 amide bonds. The number of pyridine rings is 1. The first kappa shape index (κ1) is 20.2. The van der Waals surface area contributed by atoms with E-state index in [0.717, 1.165) is 21.9 Å². The Morgan fingerprint density at radius 3 is 2.65 bits per heavy atom. The maximum absolute atomic E-state index is 13.5. The minimum Gasteiger partial charge on any atom is -0.494 e. The second kappa shape index (κ2) is 7.65. The van der Waals surface area contributed by atoms with Gasteiger partial charge in [0, 0.05) is 10.9 Å². The molecular formula is C24H20N2O5. The van der Waals surface area contributed by atoms with E-state index in [1.807, 2.05) is 31.2 Å². The molecule has 0 spiro atoms. The SMILES string of the molecule is CCc1ccc2oc(C(=O)c3c(C)c(C#N)c(=O)n(Cc4ccco4)c3O)c(C)c2c1. The number of furan rings is 2. The van der Waals surface area contributed by atoms with E-state index in [-0.39, 0.29) is 29.0 Å². The second-order valence-electron chi connectivity index (χ2n) is 7.35. The van der Waals surface area contributed by atoms with Crippen LogP contribution >= 0.6 is 0 Å². The fraction of sp³-hybridized carbons (Fsp3) is 0.208. The highest BCUT2D eigenvalue weighted by Gasteiger charge is 2.29. The Hall–Kier alpha value is -4.05. The molecule has 0 radical (unpaired) electrons. The highest BCUT2D eigenvalue weighted by molar-refractivity contribution is 6.12. The molecule has 0 unspecified atom stereocenters. The number of nitrogens with zero attached hydrogens (tertiary/aromatic N) is 2. The summed E-state index contributed by atoms with van der Waals surface area (Å²) >= 11 is 0. The molecule has 7 heteroatoms. The monoisotopic (exact) mass is 416 g/mol. The predicted octanol–water partition coefficient (Wildman–Crippen LogP) is 4.22. The van der Waals surface area contributed by atoms with Crippen molar-refractivity contribution < 1.29 is 18.7 Å². The average molecular weight is 416 g/mol. The number of hydrogen-bond acceptors (Lipinski definition) is 6. The molecule has 0 aliphatic rings. The van der Waals surface area contributed by atoms with Gasteiger partial charge in [0.1, 0.15) is 23.0 Å². The minimum absolute atomic E-state index is 0.0636. The molecule has 1 aromatic carbocycles. The van der Waals surface area contributed by atoms with E-state index in [1.54, 1.807) is 19.1 Å². The normalized spacial score (nSPS) is 11.0. The fourth-order valence-corrected chi connectivity index (χ4v) is 3.75. The molecule has 3 aromatic heterocycles. The quantitative estimate of drug-likeness (QED) is 0.488. The molecule has 0 atom stereocenters. The third-order valence-corrected chi connectivity index (χ3v) is 5.54. The van der Waals surface area contributed by atoms with E-state index in [1.165, 1.54) is 13.2 Å². The first-order valence-corrected chi connectivity index (χ1v) is 9.82. The number of rotatable bonds is 5. The van der Waals surface area contributed by atoms with Crippen molar-refractivity contribution in [3.05, 3.63) is 86.3 Å². The summed E-state index contributed by atoms with van der Waals surface area (Å²) in [6.45, 7) is 5.16. The number of carbonyl (C=O) groups is 1. The summed E-state index contributed by atoms with van der Waals surface area (Å²) in [4.78, 5) is 26.2. The van der Waals surface area contributed by atoms with Crippen LogP contribution in [0.5, 0.6) is 5.88 Å². The number of fused-ring (bicyclic) bond motifs is 1. The number of aromatic nitrogens is 1. The zero-order valence-corrected chi connectivity index (χ0v) is 17.4. The Kier molecular flexibility index (Phi) is 4.99. The van der Waals surface area contributed by atoms with Crippen molar-refractivity contribution in [1.29, 1.82) is 5.26 Å². The summed E-state index contributed by atoms with van der Waals surface area (Å²) in [6, 6.07) is 10.8. The Balaban J connectivity index is 1.92. The molecule has 0 aliphatic heterocycles. The van der Waals surface area contributed by atoms with E-state index in [0.29, 0.717) is 16.9 Å². The van der Waals surface area contributed by atoms with E-state index >= 15 is 0 Å². The van der Waals surface area contributed by atoms with Gasteiger partial charge in [-0.2, -0.15) is 5.26 Å². The van der Waals surface area contributed by atoms with Crippen molar-refractivity contribution in [2.45, 2.75) is 33.7 Å². The van der Waals surface area contributed by atoms with Crippen molar-refractivity contribution in [3.8, 4) is 11.9 Å². The third kappa shape index (κ3) is 3.22. The van der Waals surface area contributed by atoms with Gasteiger partial charge in [0.15, 0.2) is 5.76 Å². The Bertz CT molecular complexity index is 1420. The number of ketones is 1. The van der Waals surface area contributed by atoms with Crippen LogP contribution in [0.4, 0.5) is 0 Å². The van der Waals surface area contributed by atoms with Gasteiger partial charge < -0.3 is 13.9 Å². The van der Waals surface area contributed by atoms with Gasteiger partial charge in [0.05, 0.1) is 18.4 Å². The van der Waals surface area contributed by atoms with Gasteiger partial charge in [-0.1, -0.05) is 13.0 Å². The van der Waals surface area contributed by atoms with Gasteiger partial charge in [0.25, 0.3) is 5.56 Å². The molecule has 1 N–H and O–H groups in total. The molecule has 3 heterocycles. The molecular weight excluding hydrogens is 396 g/mol. The van der Waals surface area contributed by atoms with E-state index in [2.05, 4.69) is 0 Å². The molecule has 0 bridgehead atoms. The largest absolute Gasteiger partial charge is 0.494 e. The molecule has 0 saturated heterocycles. The molecule has 31 heavy (non-hydrogen) atoms. The zero-order chi connectivity index (χ0) is 22.3. The Labute approximate surface area is 177 Å². The highest BCUT2D eigenvalue weighted by atomic mass is 16.3. The van der Waals surface area contributed by atoms with E-state index in [4.69, 9.17) is 8.83 Å². The molecule has 7 nitrogen and oxygen atoms in total. The smallest absolute Gasteiger partial charge is 0.271 e. The number of aromatic hydroxyl groups is 1. The predicted molar refractivity (Wildman–Crippen MR) is 113 cm³/mol. The first-order chi connectivity index (χ1) is 14.9. The van der Waals surface area contributed by atoms with Crippen molar-refractivity contribution in [3.63, 3.8) is 0 Å². The van der Waals surface area contributed by atoms with Crippen LogP contribution in [0.25, 0.3) is 11.0 Å². The number of aryl methyl sites for hydroxylation is 2. The van der Waals surface area contributed by atoms with Crippen molar-refractivity contribution in [2.24, 2.45) is 0 Å². The standard InChI is InChI=1S/C24H20N2O5/c1-4-15-7-8-19-17(10-15)14(3)22(31-19)21(27)20-13(2)18(11-25)23(28)26(24(20)29)12-16-6-5-9-30-16/h5-10,29H,4,12H2,1-3H3. The minimum atomic E-state index is -0.695. The van der Waals surface area contributed by atoms with Gasteiger partial charge in [-0.25, -0.2) is 0 Å². The lowest BCUT2D eigenvalue weighted by atomic mass is 9.98. The maximum Gasteiger partial charge on any atom is 0.271 e. The number of benzene rings is 1. The van der Waals surface area contributed by atoms with E-state index < -0.39 is 17.2 Å².